The average Bonchev–Trinajstić information content (AvgIpc) is 2.72. The van der Waals surface area contributed by atoms with Gasteiger partial charge in [-0.15, -0.1) is 0 Å². The lowest BCUT2D eigenvalue weighted by molar-refractivity contribution is 0.462. The topological polar surface area (TPSA) is 63.4 Å². The minimum absolute atomic E-state index is 0.279. The number of benzene rings is 1. The molecule has 0 saturated carbocycles. The second kappa shape index (κ2) is 5.64. The van der Waals surface area contributed by atoms with Crippen LogP contribution in [-0.2, 0) is 16.6 Å². The van der Waals surface area contributed by atoms with Crippen LogP contribution in [0.2, 0.25) is 5.02 Å². The fraction of sp³-hybridized carbons (Fsp3) is 0.571. The van der Waals surface area contributed by atoms with Gasteiger partial charge in [-0.1, -0.05) is 25.4 Å². The lowest BCUT2D eigenvalue weighted by atomic mass is 10.0. The molecule has 112 valence electrons. The maximum atomic E-state index is 12.8. The first-order valence-corrected chi connectivity index (χ1v) is 8.58. The molecule has 0 bridgehead atoms. The lowest BCUT2D eigenvalue weighted by Crippen LogP contribution is -2.30. The van der Waals surface area contributed by atoms with Crippen LogP contribution in [0.1, 0.15) is 25.0 Å². The van der Waals surface area contributed by atoms with E-state index < -0.39 is 10.0 Å². The van der Waals surface area contributed by atoms with E-state index in [4.69, 9.17) is 17.3 Å². The zero-order chi connectivity index (χ0) is 15.1. The van der Waals surface area contributed by atoms with Gasteiger partial charge in [0.2, 0.25) is 10.0 Å². The van der Waals surface area contributed by atoms with Crippen LogP contribution in [-0.4, -0.2) is 25.8 Å². The summed E-state index contributed by atoms with van der Waals surface area (Å²) >= 11 is 6.03. The third-order valence-electron chi connectivity index (χ3n) is 4.22. The summed E-state index contributed by atoms with van der Waals surface area (Å²) in [4.78, 5) is 0.284. The highest BCUT2D eigenvalue weighted by Crippen LogP contribution is 2.31. The molecule has 1 aromatic rings. The van der Waals surface area contributed by atoms with Crippen LogP contribution in [0.25, 0.3) is 0 Å². The molecule has 1 heterocycles. The molecule has 4 nitrogen and oxygen atoms in total. The van der Waals surface area contributed by atoms with Gasteiger partial charge in [0.1, 0.15) is 0 Å². The lowest BCUT2D eigenvalue weighted by Gasteiger charge is -2.19. The molecular weight excluding hydrogens is 296 g/mol. The monoisotopic (exact) mass is 316 g/mol. The summed E-state index contributed by atoms with van der Waals surface area (Å²) < 4.78 is 27.1. The van der Waals surface area contributed by atoms with Crippen molar-refractivity contribution in [1.29, 1.82) is 0 Å². The highest BCUT2D eigenvalue weighted by molar-refractivity contribution is 7.89. The summed E-state index contributed by atoms with van der Waals surface area (Å²) in [6.45, 7) is 7.35. The number of halogens is 1. The molecule has 1 aliphatic heterocycles. The summed E-state index contributed by atoms with van der Waals surface area (Å²) in [6, 6.07) is 3.25. The quantitative estimate of drug-likeness (QED) is 0.931. The minimum atomic E-state index is -3.50. The van der Waals surface area contributed by atoms with Gasteiger partial charge in [-0.2, -0.15) is 4.31 Å². The third kappa shape index (κ3) is 2.72. The first-order valence-electron chi connectivity index (χ1n) is 6.76. The summed E-state index contributed by atoms with van der Waals surface area (Å²) in [6.07, 6.45) is 0. The molecule has 0 amide bonds. The summed E-state index contributed by atoms with van der Waals surface area (Å²) in [7, 11) is -3.50. The smallest absolute Gasteiger partial charge is 0.243 e. The van der Waals surface area contributed by atoms with Crippen LogP contribution in [0.3, 0.4) is 0 Å². The van der Waals surface area contributed by atoms with Gasteiger partial charge in [0.25, 0.3) is 0 Å². The molecule has 2 unspecified atom stereocenters. The third-order valence-corrected chi connectivity index (χ3v) is 6.40. The van der Waals surface area contributed by atoms with E-state index in [2.05, 4.69) is 13.8 Å². The molecule has 0 aromatic heterocycles. The molecule has 1 aliphatic rings. The highest BCUT2D eigenvalue weighted by atomic mass is 35.5. The first kappa shape index (κ1) is 15.8. The molecule has 0 radical (unpaired) electrons. The van der Waals surface area contributed by atoms with Crippen molar-refractivity contribution in [3.63, 3.8) is 0 Å². The largest absolute Gasteiger partial charge is 0.326 e. The molecule has 0 spiro atoms. The maximum Gasteiger partial charge on any atom is 0.243 e. The van der Waals surface area contributed by atoms with Gasteiger partial charge in [0.15, 0.2) is 0 Å². The van der Waals surface area contributed by atoms with Crippen molar-refractivity contribution >= 4 is 21.6 Å². The molecule has 20 heavy (non-hydrogen) atoms. The van der Waals surface area contributed by atoms with E-state index >= 15 is 0 Å². The Hall–Kier alpha value is -0.620. The van der Waals surface area contributed by atoms with Gasteiger partial charge >= 0.3 is 0 Å². The van der Waals surface area contributed by atoms with Crippen molar-refractivity contribution in [3.8, 4) is 0 Å². The number of hydrogen-bond acceptors (Lipinski definition) is 3. The second-order valence-electron chi connectivity index (χ2n) is 5.67. The van der Waals surface area contributed by atoms with Crippen LogP contribution in [0.5, 0.6) is 0 Å². The predicted octanol–water partition coefficient (Wildman–Crippen LogP) is 2.38. The van der Waals surface area contributed by atoms with Crippen molar-refractivity contribution in [2.45, 2.75) is 32.2 Å². The second-order valence-corrected chi connectivity index (χ2v) is 8.01. The zero-order valence-corrected chi connectivity index (χ0v) is 13.6. The van der Waals surface area contributed by atoms with Gasteiger partial charge in [0, 0.05) is 24.7 Å². The van der Waals surface area contributed by atoms with Gasteiger partial charge in [0.05, 0.1) is 4.90 Å². The standard InChI is InChI=1S/C14H21ClN2O2S/c1-9-7-17(8-10(9)2)20(18,19)14-5-13(15)4-12(6-16)11(14)3/h4-5,9-10H,6-8,16H2,1-3H3. The normalized spacial score (nSPS) is 24.2. The van der Waals surface area contributed by atoms with E-state index in [9.17, 15) is 8.42 Å². The molecule has 6 heteroatoms. The van der Waals surface area contributed by atoms with Crippen molar-refractivity contribution < 1.29 is 8.42 Å². The Balaban J connectivity index is 2.48. The van der Waals surface area contributed by atoms with Gasteiger partial charge in [-0.05, 0) is 42.0 Å². The van der Waals surface area contributed by atoms with E-state index in [1.807, 2.05) is 0 Å². The number of hydrogen-bond donors (Lipinski definition) is 1. The van der Waals surface area contributed by atoms with E-state index in [1.54, 1.807) is 17.3 Å². The van der Waals surface area contributed by atoms with Crippen LogP contribution in [0.15, 0.2) is 17.0 Å². The van der Waals surface area contributed by atoms with Crippen molar-refractivity contribution in [1.82, 2.24) is 4.31 Å². The Morgan fingerprint density at radius 1 is 1.30 bits per heavy atom. The minimum Gasteiger partial charge on any atom is -0.326 e. The first-order chi connectivity index (χ1) is 9.27. The van der Waals surface area contributed by atoms with Gasteiger partial charge in [-0.3, -0.25) is 0 Å². The Morgan fingerprint density at radius 2 is 1.85 bits per heavy atom. The number of rotatable bonds is 3. The van der Waals surface area contributed by atoms with Crippen LogP contribution >= 0.6 is 11.6 Å². The van der Waals surface area contributed by atoms with Gasteiger partial charge in [-0.25, -0.2) is 8.42 Å². The number of nitrogens with zero attached hydrogens (tertiary/aromatic N) is 1. The predicted molar refractivity (Wildman–Crippen MR) is 81.2 cm³/mol. The van der Waals surface area contributed by atoms with E-state index in [1.165, 1.54) is 6.07 Å². The molecule has 1 saturated heterocycles. The SMILES string of the molecule is Cc1c(CN)cc(Cl)cc1S(=O)(=O)N1CC(C)C(C)C1. The Kier molecular flexibility index (Phi) is 4.44. The molecule has 1 fully saturated rings. The van der Waals surface area contributed by atoms with Crippen molar-refractivity contribution in [3.05, 3.63) is 28.3 Å². The Bertz CT molecular complexity index is 606. The zero-order valence-electron chi connectivity index (χ0n) is 12.1. The molecule has 2 N–H and O–H groups in total. The van der Waals surface area contributed by atoms with E-state index in [-0.39, 0.29) is 11.4 Å². The van der Waals surface area contributed by atoms with E-state index in [0.717, 1.165) is 5.56 Å². The molecule has 0 aliphatic carbocycles. The number of nitrogens with two attached hydrogens (primary N) is 1. The summed E-state index contributed by atoms with van der Waals surface area (Å²) in [5.74, 6) is 0.747. The summed E-state index contributed by atoms with van der Waals surface area (Å²) in [5, 5.41) is 0.412. The van der Waals surface area contributed by atoms with Crippen molar-refractivity contribution in [2.24, 2.45) is 17.6 Å². The van der Waals surface area contributed by atoms with Gasteiger partial charge < -0.3 is 5.73 Å². The van der Waals surface area contributed by atoms with E-state index in [0.29, 0.717) is 35.5 Å². The summed E-state index contributed by atoms with van der Waals surface area (Å²) in [5.41, 5.74) is 7.13. The fourth-order valence-electron chi connectivity index (χ4n) is 2.60. The molecule has 2 atom stereocenters. The Labute approximate surface area is 126 Å². The average molecular weight is 317 g/mol. The highest BCUT2D eigenvalue weighted by Gasteiger charge is 2.36. The van der Waals surface area contributed by atoms with Crippen molar-refractivity contribution in [2.75, 3.05) is 13.1 Å². The molecular formula is C14H21ClN2O2S. The fourth-order valence-corrected chi connectivity index (χ4v) is 4.84. The number of sulfonamides is 1. The Morgan fingerprint density at radius 3 is 2.35 bits per heavy atom. The maximum absolute atomic E-state index is 12.8. The van der Waals surface area contributed by atoms with Crippen LogP contribution in [0.4, 0.5) is 0 Å². The van der Waals surface area contributed by atoms with Crippen LogP contribution < -0.4 is 5.73 Å². The molecule has 2 rings (SSSR count). The van der Waals surface area contributed by atoms with Crippen LogP contribution in [0, 0.1) is 18.8 Å². The molecule has 1 aromatic carbocycles.